The molecule has 0 aliphatic heterocycles. The summed E-state index contributed by atoms with van der Waals surface area (Å²) in [5, 5.41) is 3.06. The van der Waals surface area contributed by atoms with Crippen molar-refractivity contribution in [1.29, 1.82) is 0 Å². The normalized spacial score (nSPS) is 10.1. The molecule has 26 heavy (non-hydrogen) atoms. The molecule has 0 saturated heterocycles. The van der Waals surface area contributed by atoms with Gasteiger partial charge in [0.25, 0.3) is 0 Å². The van der Waals surface area contributed by atoms with E-state index < -0.39 is 12.6 Å². The monoisotopic (exact) mass is 375 g/mol. The molecule has 1 N–H and O–H groups in total. The van der Waals surface area contributed by atoms with Crippen LogP contribution in [-0.2, 0) is 14.3 Å². The lowest BCUT2D eigenvalue weighted by atomic mass is 10.1. The Morgan fingerprint density at radius 1 is 1.00 bits per heavy atom. The number of esters is 1. The van der Waals surface area contributed by atoms with Crippen LogP contribution in [0, 0.1) is 0 Å². The van der Waals surface area contributed by atoms with Crippen molar-refractivity contribution >= 4 is 34.9 Å². The van der Waals surface area contributed by atoms with Crippen molar-refractivity contribution in [2.24, 2.45) is 0 Å². The van der Waals surface area contributed by atoms with E-state index >= 15 is 0 Å². The van der Waals surface area contributed by atoms with Gasteiger partial charge in [-0.1, -0.05) is 30.7 Å². The lowest BCUT2D eigenvalue weighted by Crippen LogP contribution is -2.19. The second-order valence-corrected chi connectivity index (χ2v) is 5.69. The summed E-state index contributed by atoms with van der Waals surface area (Å²) in [5.41, 5.74) is 0.970. The number of para-hydroxylation sites is 1. The zero-order chi connectivity index (χ0) is 18.9. The lowest BCUT2D eigenvalue weighted by molar-refractivity contribution is -0.144. The summed E-state index contributed by atoms with van der Waals surface area (Å²) < 4.78 is 10.1. The average Bonchev–Trinajstić information content (AvgIpc) is 2.66. The van der Waals surface area contributed by atoms with Crippen molar-refractivity contribution < 1.29 is 23.9 Å². The molecular weight excluding hydrogens is 358 g/mol. The maximum atomic E-state index is 12.0. The van der Waals surface area contributed by atoms with E-state index in [-0.39, 0.29) is 18.3 Å². The molecule has 0 spiro atoms. The van der Waals surface area contributed by atoms with Crippen molar-refractivity contribution in [3.63, 3.8) is 0 Å². The summed E-state index contributed by atoms with van der Waals surface area (Å²) in [6.07, 6.45) is 0.368. The van der Waals surface area contributed by atoms with Crippen LogP contribution in [-0.4, -0.2) is 30.9 Å². The van der Waals surface area contributed by atoms with Gasteiger partial charge in [0.05, 0.1) is 5.02 Å². The van der Waals surface area contributed by atoms with Crippen molar-refractivity contribution in [2.45, 2.75) is 13.3 Å². The SMILES string of the molecule is CCC(=O)Nc1ccc(C(=O)COC(=O)COc2ccccc2Cl)cc1. The van der Waals surface area contributed by atoms with Crippen LogP contribution in [0.25, 0.3) is 0 Å². The van der Waals surface area contributed by atoms with E-state index in [4.69, 9.17) is 21.1 Å². The maximum Gasteiger partial charge on any atom is 0.344 e. The minimum absolute atomic E-state index is 0.114. The van der Waals surface area contributed by atoms with Gasteiger partial charge in [-0.2, -0.15) is 0 Å². The Morgan fingerprint density at radius 3 is 2.35 bits per heavy atom. The highest BCUT2D eigenvalue weighted by molar-refractivity contribution is 6.32. The predicted molar refractivity (Wildman–Crippen MR) is 97.6 cm³/mol. The molecule has 0 aliphatic carbocycles. The summed E-state index contributed by atoms with van der Waals surface area (Å²) in [7, 11) is 0. The number of ketones is 1. The minimum atomic E-state index is -0.676. The summed E-state index contributed by atoms with van der Waals surface area (Å²) in [5.74, 6) is -0.784. The first kappa shape index (κ1) is 19.5. The maximum absolute atomic E-state index is 12.0. The molecule has 2 aromatic rings. The van der Waals surface area contributed by atoms with Gasteiger partial charge in [0, 0.05) is 17.7 Å². The van der Waals surface area contributed by atoms with E-state index in [1.165, 1.54) is 0 Å². The van der Waals surface area contributed by atoms with E-state index in [2.05, 4.69) is 5.32 Å². The highest BCUT2D eigenvalue weighted by Gasteiger charge is 2.11. The Labute approximate surface area is 156 Å². The number of rotatable bonds is 8. The summed E-state index contributed by atoms with van der Waals surface area (Å²) in [6, 6.07) is 13.1. The van der Waals surface area contributed by atoms with Gasteiger partial charge in [0.2, 0.25) is 5.91 Å². The van der Waals surface area contributed by atoms with Crippen LogP contribution in [0.5, 0.6) is 5.75 Å². The van der Waals surface area contributed by atoms with Gasteiger partial charge in [-0.3, -0.25) is 9.59 Å². The Kier molecular flexibility index (Phi) is 7.17. The molecule has 2 rings (SSSR count). The molecule has 0 atom stereocenters. The Balaban J connectivity index is 1.79. The predicted octanol–water partition coefficient (Wildman–Crippen LogP) is 3.49. The van der Waals surface area contributed by atoms with Gasteiger partial charge in [0.1, 0.15) is 5.75 Å². The summed E-state index contributed by atoms with van der Waals surface area (Å²) >= 11 is 5.91. The van der Waals surface area contributed by atoms with Gasteiger partial charge >= 0.3 is 5.97 Å². The number of hydrogen-bond donors (Lipinski definition) is 1. The molecule has 0 heterocycles. The van der Waals surface area contributed by atoms with Gasteiger partial charge in [-0.15, -0.1) is 0 Å². The highest BCUT2D eigenvalue weighted by atomic mass is 35.5. The molecule has 0 saturated carbocycles. The summed E-state index contributed by atoms with van der Waals surface area (Å²) in [4.78, 5) is 35.0. The third-order valence-corrected chi connectivity index (χ3v) is 3.67. The largest absolute Gasteiger partial charge is 0.480 e. The molecule has 136 valence electrons. The average molecular weight is 376 g/mol. The van der Waals surface area contributed by atoms with Crippen LogP contribution in [0.1, 0.15) is 23.7 Å². The summed E-state index contributed by atoms with van der Waals surface area (Å²) in [6.45, 7) is 1.00. The molecule has 1 amide bonds. The van der Waals surface area contributed by atoms with Crippen LogP contribution in [0.2, 0.25) is 5.02 Å². The number of carbonyl (C=O) groups is 3. The third-order valence-electron chi connectivity index (χ3n) is 3.36. The van der Waals surface area contributed by atoms with Crippen molar-refractivity contribution in [1.82, 2.24) is 0 Å². The fourth-order valence-corrected chi connectivity index (χ4v) is 2.15. The topological polar surface area (TPSA) is 81.7 Å². The molecule has 0 aromatic heterocycles. The molecule has 0 aliphatic rings. The number of ether oxygens (including phenoxy) is 2. The fourth-order valence-electron chi connectivity index (χ4n) is 1.96. The van der Waals surface area contributed by atoms with Gasteiger partial charge < -0.3 is 14.8 Å². The Bertz CT molecular complexity index is 789. The third kappa shape index (κ3) is 5.89. The van der Waals surface area contributed by atoms with Gasteiger partial charge in [0.15, 0.2) is 19.0 Å². The second kappa shape index (κ2) is 9.58. The number of Topliss-reactive ketones (excluding diaryl/α,β-unsaturated/α-hetero) is 1. The number of anilines is 1. The first-order valence-corrected chi connectivity index (χ1v) is 8.33. The van der Waals surface area contributed by atoms with Gasteiger partial charge in [-0.25, -0.2) is 4.79 Å². The number of amides is 1. The second-order valence-electron chi connectivity index (χ2n) is 5.28. The first-order chi connectivity index (χ1) is 12.5. The number of hydrogen-bond acceptors (Lipinski definition) is 5. The zero-order valence-corrected chi connectivity index (χ0v) is 14.9. The molecule has 2 aromatic carbocycles. The molecule has 7 heteroatoms. The van der Waals surface area contributed by atoms with Crippen LogP contribution in [0.15, 0.2) is 48.5 Å². The number of carbonyl (C=O) groups excluding carboxylic acids is 3. The van der Waals surface area contributed by atoms with E-state index in [0.29, 0.717) is 28.4 Å². The van der Waals surface area contributed by atoms with Crippen LogP contribution in [0.4, 0.5) is 5.69 Å². The van der Waals surface area contributed by atoms with Gasteiger partial charge in [-0.05, 0) is 36.4 Å². The van der Waals surface area contributed by atoms with Crippen LogP contribution >= 0.6 is 11.6 Å². The van der Waals surface area contributed by atoms with Crippen LogP contribution < -0.4 is 10.1 Å². The first-order valence-electron chi connectivity index (χ1n) is 7.95. The van der Waals surface area contributed by atoms with Crippen molar-refractivity contribution in [3.8, 4) is 5.75 Å². The fraction of sp³-hybridized carbons (Fsp3) is 0.211. The molecular formula is C19H18ClNO5. The smallest absolute Gasteiger partial charge is 0.344 e. The highest BCUT2D eigenvalue weighted by Crippen LogP contribution is 2.22. The standard InChI is InChI=1S/C19H18ClNO5/c1-2-18(23)21-14-9-7-13(8-10-14)16(22)11-26-19(24)12-25-17-6-4-3-5-15(17)20/h3-10H,2,11-12H2,1H3,(H,21,23). The van der Waals surface area contributed by atoms with Crippen LogP contribution in [0.3, 0.4) is 0 Å². The number of benzene rings is 2. The molecule has 0 unspecified atom stereocenters. The van der Waals surface area contributed by atoms with Crippen molar-refractivity contribution in [2.75, 3.05) is 18.5 Å². The Morgan fingerprint density at radius 2 is 1.69 bits per heavy atom. The van der Waals surface area contributed by atoms with E-state index in [0.717, 1.165) is 0 Å². The van der Waals surface area contributed by atoms with E-state index in [1.54, 1.807) is 55.5 Å². The lowest BCUT2D eigenvalue weighted by Gasteiger charge is -2.08. The molecule has 0 bridgehead atoms. The number of nitrogens with one attached hydrogen (secondary N) is 1. The Hall–Kier alpha value is -2.86. The zero-order valence-electron chi connectivity index (χ0n) is 14.2. The molecule has 6 nitrogen and oxygen atoms in total. The number of halogens is 1. The quantitative estimate of drug-likeness (QED) is 0.564. The minimum Gasteiger partial charge on any atom is -0.480 e. The van der Waals surface area contributed by atoms with E-state index in [9.17, 15) is 14.4 Å². The van der Waals surface area contributed by atoms with Crippen molar-refractivity contribution in [3.05, 3.63) is 59.1 Å². The molecule has 0 radical (unpaired) electrons. The van der Waals surface area contributed by atoms with E-state index in [1.807, 2.05) is 0 Å². The molecule has 0 fully saturated rings.